The van der Waals surface area contributed by atoms with Crippen LogP contribution in [0, 0.1) is 19.8 Å². The molecule has 50 heavy (non-hydrogen) atoms. The highest BCUT2D eigenvalue weighted by atomic mass is 32.2. The van der Waals surface area contributed by atoms with Gasteiger partial charge in [-0.2, -0.15) is 5.10 Å². The van der Waals surface area contributed by atoms with Crippen molar-refractivity contribution >= 4 is 51.0 Å². The number of H-pyrrole nitrogens is 1. The van der Waals surface area contributed by atoms with Gasteiger partial charge in [-0.15, -0.1) is 0 Å². The Morgan fingerprint density at radius 1 is 1.08 bits per heavy atom. The first-order valence-electron chi connectivity index (χ1n) is 16.8. The highest BCUT2D eigenvalue weighted by molar-refractivity contribution is 7.86. The molecule has 16 heteroatoms. The fourth-order valence-corrected chi connectivity index (χ4v) is 7.49. The molecule has 0 radical (unpaired) electrons. The van der Waals surface area contributed by atoms with Crippen molar-refractivity contribution in [1.82, 2.24) is 40.3 Å². The number of piperidine rings is 1. The van der Waals surface area contributed by atoms with Crippen molar-refractivity contribution in [2.75, 3.05) is 43.5 Å². The molecule has 6 rings (SSSR count). The number of aromatic amines is 1. The molecular weight excluding hydrogens is 659 g/mol. The lowest BCUT2D eigenvalue weighted by Gasteiger charge is -2.32. The number of rotatable bonds is 10. The summed E-state index contributed by atoms with van der Waals surface area (Å²) in [5.74, 6) is 2.06. The minimum Gasteiger partial charge on any atom is -0.492 e. The second-order valence-electron chi connectivity index (χ2n) is 14.1. The standard InChI is InChI=1S/C34H45N11O4S/c1-19-20(2)42-43-31(19)41-32-23-12-28(50(48)34(3,4)5)27(13-24(23)38-18-39-32)49-17-21-7-9-45(10-8-21)29-15-36-25(14-37-29)33(47)40-22-11-26(30(35)46)44(6)16-22/h12-15,18,21-22,26H,7-11,16-17H2,1-6H3,(H2,35,46)(H,40,47)(H2,38,39,41,42,43). The zero-order valence-corrected chi connectivity index (χ0v) is 30.1. The highest BCUT2D eigenvalue weighted by Gasteiger charge is 2.34. The predicted octanol–water partition coefficient (Wildman–Crippen LogP) is 2.99. The van der Waals surface area contributed by atoms with Crippen LogP contribution in [0.1, 0.15) is 61.8 Å². The summed E-state index contributed by atoms with van der Waals surface area (Å²) in [6.45, 7) is 12.3. The molecule has 3 unspecified atom stereocenters. The van der Waals surface area contributed by atoms with Crippen LogP contribution in [0.25, 0.3) is 10.9 Å². The Balaban J connectivity index is 1.09. The van der Waals surface area contributed by atoms with Crippen molar-refractivity contribution in [3.63, 3.8) is 0 Å². The molecule has 5 N–H and O–H groups in total. The molecule has 2 fully saturated rings. The van der Waals surface area contributed by atoms with Gasteiger partial charge < -0.3 is 26.0 Å². The third kappa shape index (κ3) is 7.55. The van der Waals surface area contributed by atoms with Crippen molar-refractivity contribution in [2.45, 2.75) is 75.6 Å². The Morgan fingerprint density at radius 3 is 2.46 bits per heavy atom. The van der Waals surface area contributed by atoms with Gasteiger partial charge >= 0.3 is 0 Å². The van der Waals surface area contributed by atoms with Crippen LogP contribution in [-0.4, -0.2) is 101 Å². The van der Waals surface area contributed by atoms with E-state index in [1.54, 1.807) is 6.20 Å². The van der Waals surface area contributed by atoms with Crippen LogP contribution in [0.4, 0.5) is 17.5 Å². The Morgan fingerprint density at radius 2 is 1.84 bits per heavy atom. The first-order valence-corrected chi connectivity index (χ1v) is 17.9. The Bertz CT molecular complexity index is 1900. The molecule has 0 aliphatic carbocycles. The van der Waals surface area contributed by atoms with Gasteiger partial charge in [0.1, 0.15) is 29.4 Å². The fraction of sp³-hybridized carbons (Fsp3) is 0.500. The zero-order valence-electron chi connectivity index (χ0n) is 29.3. The van der Waals surface area contributed by atoms with Crippen molar-refractivity contribution in [1.29, 1.82) is 0 Å². The summed E-state index contributed by atoms with van der Waals surface area (Å²) >= 11 is 0. The SMILES string of the molecule is Cc1[nH]nc(Nc2ncnc3cc(OCC4CCN(c5cnc(C(=O)NC6CC(C(N)=O)N(C)C6)cn5)CC4)c(S(=O)C(C)(C)C)cc23)c1C. The van der Waals surface area contributed by atoms with Crippen molar-refractivity contribution < 1.29 is 18.5 Å². The van der Waals surface area contributed by atoms with E-state index >= 15 is 0 Å². The minimum atomic E-state index is -1.38. The maximum Gasteiger partial charge on any atom is 0.271 e. The number of nitrogens with zero attached hydrogens (tertiary/aromatic N) is 7. The highest BCUT2D eigenvalue weighted by Crippen LogP contribution is 2.36. The second-order valence-corrected chi connectivity index (χ2v) is 16.3. The summed E-state index contributed by atoms with van der Waals surface area (Å²) in [6.07, 6.45) is 6.81. The molecule has 3 aromatic heterocycles. The molecule has 0 bridgehead atoms. The van der Waals surface area contributed by atoms with Crippen LogP contribution in [0.3, 0.4) is 0 Å². The molecule has 2 saturated heterocycles. The summed E-state index contributed by atoms with van der Waals surface area (Å²) in [5, 5.41) is 14.3. The summed E-state index contributed by atoms with van der Waals surface area (Å²) < 4.78 is 19.7. The number of amides is 2. The van der Waals surface area contributed by atoms with E-state index in [-0.39, 0.29) is 23.6 Å². The Hall–Kier alpha value is -4.70. The van der Waals surface area contributed by atoms with E-state index in [4.69, 9.17) is 10.5 Å². The van der Waals surface area contributed by atoms with Gasteiger partial charge in [0.05, 0.1) is 46.3 Å². The number of aromatic nitrogens is 6. The molecular formula is C34H45N11O4S. The number of likely N-dealkylation sites (tertiary alicyclic amines) is 1. The number of hydrogen-bond acceptors (Lipinski definition) is 12. The third-order valence-corrected chi connectivity index (χ3v) is 11.3. The maximum atomic E-state index is 13.8. The average Bonchev–Trinajstić information content (AvgIpc) is 3.62. The van der Waals surface area contributed by atoms with E-state index in [1.165, 1.54) is 12.5 Å². The van der Waals surface area contributed by atoms with Crippen LogP contribution in [-0.2, 0) is 15.6 Å². The van der Waals surface area contributed by atoms with Gasteiger partial charge in [-0.1, -0.05) is 0 Å². The van der Waals surface area contributed by atoms with Crippen LogP contribution in [0.15, 0.2) is 35.7 Å². The first kappa shape index (κ1) is 35.1. The lowest BCUT2D eigenvalue weighted by atomic mass is 9.98. The number of anilines is 3. The van der Waals surface area contributed by atoms with E-state index in [0.29, 0.717) is 53.2 Å². The number of ether oxygens (including phenoxy) is 1. The number of aryl methyl sites for hydroxylation is 1. The molecule has 4 aromatic rings. The number of likely N-dealkylation sites (N-methyl/N-ethyl adjacent to an activating group) is 1. The predicted molar refractivity (Wildman–Crippen MR) is 191 cm³/mol. The zero-order chi connectivity index (χ0) is 35.7. The molecule has 1 aromatic carbocycles. The number of nitrogens with one attached hydrogen (secondary N) is 3. The van der Waals surface area contributed by atoms with Gasteiger partial charge in [0.15, 0.2) is 5.82 Å². The number of primary amides is 1. The average molecular weight is 704 g/mol. The van der Waals surface area contributed by atoms with Crippen LogP contribution in [0.2, 0.25) is 0 Å². The molecule has 266 valence electrons. The fourth-order valence-electron chi connectivity index (χ4n) is 6.30. The number of hydrogen-bond donors (Lipinski definition) is 4. The van der Waals surface area contributed by atoms with Gasteiger partial charge in [-0.3, -0.25) is 23.8 Å². The van der Waals surface area contributed by atoms with Crippen LogP contribution >= 0.6 is 0 Å². The smallest absolute Gasteiger partial charge is 0.271 e. The van der Waals surface area contributed by atoms with Crippen molar-refractivity contribution in [3.8, 4) is 5.75 Å². The van der Waals surface area contributed by atoms with E-state index in [2.05, 4.69) is 45.7 Å². The van der Waals surface area contributed by atoms with Gasteiger partial charge in [0, 0.05) is 53.1 Å². The van der Waals surface area contributed by atoms with E-state index < -0.39 is 27.5 Å². The number of nitrogens with two attached hydrogens (primary N) is 1. The Kier molecular flexibility index (Phi) is 10.0. The van der Waals surface area contributed by atoms with Gasteiger partial charge in [-0.05, 0) is 72.9 Å². The largest absolute Gasteiger partial charge is 0.492 e. The number of carbonyl (C=O) groups excluding carboxylic acids is 2. The number of benzene rings is 1. The molecule has 2 aliphatic rings. The summed E-state index contributed by atoms with van der Waals surface area (Å²) in [4.78, 5) is 46.9. The number of carbonyl (C=O) groups is 2. The van der Waals surface area contributed by atoms with Crippen molar-refractivity contribution in [3.05, 3.63) is 47.8 Å². The maximum absolute atomic E-state index is 13.8. The van der Waals surface area contributed by atoms with E-state index in [9.17, 15) is 13.8 Å². The third-order valence-electron chi connectivity index (χ3n) is 9.44. The topological polar surface area (TPSA) is 197 Å². The monoisotopic (exact) mass is 703 g/mol. The van der Waals surface area contributed by atoms with Crippen LogP contribution < -0.4 is 26.0 Å². The molecule has 3 atom stereocenters. The summed E-state index contributed by atoms with van der Waals surface area (Å²) in [7, 11) is 0.440. The summed E-state index contributed by atoms with van der Waals surface area (Å²) in [6, 6.07) is 3.15. The molecule has 2 amide bonds. The first-order chi connectivity index (χ1) is 23.8. The van der Waals surface area contributed by atoms with E-state index in [0.717, 1.165) is 42.6 Å². The lowest BCUT2D eigenvalue weighted by molar-refractivity contribution is -0.121. The van der Waals surface area contributed by atoms with Gasteiger partial charge in [0.25, 0.3) is 5.91 Å². The van der Waals surface area contributed by atoms with Crippen molar-refractivity contribution in [2.24, 2.45) is 11.7 Å². The molecule has 5 heterocycles. The Labute approximate surface area is 293 Å². The summed E-state index contributed by atoms with van der Waals surface area (Å²) in [5.41, 5.74) is 8.31. The molecule has 15 nitrogen and oxygen atoms in total. The molecule has 0 spiro atoms. The lowest BCUT2D eigenvalue weighted by Crippen LogP contribution is -2.38. The quantitative estimate of drug-likeness (QED) is 0.189. The molecule has 2 aliphatic heterocycles. The van der Waals surface area contributed by atoms with Gasteiger partial charge in [0.2, 0.25) is 5.91 Å². The molecule has 0 saturated carbocycles. The normalized spacial score (nSPS) is 19.4. The van der Waals surface area contributed by atoms with E-state index in [1.807, 2.05) is 58.7 Å². The minimum absolute atomic E-state index is 0.184. The van der Waals surface area contributed by atoms with Crippen LogP contribution in [0.5, 0.6) is 5.75 Å². The van der Waals surface area contributed by atoms with Gasteiger partial charge in [-0.25, -0.2) is 19.9 Å². The number of fused-ring (bicyclic) bond motifs is 1. The second kappa shape index (κ2) is 14.3.